The molecule has 0 saturated carbocycles. The lowest BCUT2D eigenvalue weighted by Crippen LogP contribution is -2.76. The molecular weight excluding hydrogens is 590 g/mol. The van der Waals surface area contributed by atoms with Crippen molar-refractivity contribution >= 4 is 21.8 Å². The van der Waals surface area contributed by atoms with Gasteiger partial charge in [0, 0.05) is 22.4 Å². The van der Waals surface area contributed by atoms with Crippen molar-refractivity contribution in [1.29, 1.82) is 0 Å². The first kappa shape index (κ1) is 26.1. The monoisotopic (exact) mass is 621 g/mol. The van der Waals surface area contributed by atoms with Gasteiger partial charge in [0.1, 0.15) is 33.8 Å². The second kappa shape index (κ2) is 8.66. The highest BCUT2D eigenvalue weighted by atomic mass is 16.5. The van der Waals surface area contributed by atoms with E-state index in [2.05, 4.69) is 173 Å². The van der Waals surface area contributed by atoms with Crippen molar-refractivity contribution < 1.29 is 14.0 Å². The molecule has 3 aromatic heterocycles. The van der Waals surface area contributed by atoms with Crippen LogP contribution in [0.1, 0.15) is 37.5 Å². The van der Waals surface area contributed by atoms with Crippen molar-refractivity contribution in [2.45, 2.75) is 31.8 Å². The Morgan fingerprint density at radius 2 is 1.44 bits per heavy atom. The van der Waals surface area contributed by atoms with Gasteiger partial charge in [-0.1, -0.05) is 86.1 Å². The van der Waals surface area contributed by atoms with E-state index < -0.39 is 5.66 Å². The highest BCUT2D eigenvalue weighted by molar-refractivity contribution is 6.11. The van der Waals surface area contributed by atoms with Crippen LogP contribution in [0.4, 0.5) is 0 Å². The molecule has 11 rings (SSSR count). The Labute approximate surface area is 277 Å². The van der Waals surface area contributed by atoms with Gasteiger partial charge in [-0.15, -0.1) is 0 Å². The average molecular weight is 622 g/mol. The number of hydrogen-bond acceptors (Lipinski definition) is 2. The Balaban J connectivity index is 1.25. The van der Waals surface area contributed by atoms with Gasteiger partial charge in [0.15, 0.2) is 11.7 Å². The van der Waals surface area contributed by atoms with Crippen LogP contribution in [-0.2, 0) is 11.1 Å². The maximum atomic E-state index is 6.81. The summed E-state index contributed by atoms with van der Waals surface area (Å²) in [6, 6.07) is 43.4. The molecule has 0 aliphatic carbocycles. The lowest BCUT2D eigenvalue weighted by atomic mass is 9.83. The van der Waals surface area contributed by atoms with Crippen molar-refractivity contribution in [2.24, 2.45) is 0 Å². The second-order valence-corrected chi connectivity index (χ2v) is 14.2. The largest absolute Gasteiger partial charge is 0.456 e. The van der Waals surface area contributed by atoms with Gasteiger partial charge in [-0.05, 0) is 81.5 Å². The van der Waals surface area contributed by atoms with Crippen LogP contribution in [-0.4, -0.2) is 14.5 Å². The molecule has 6 nitrogen and oxygen atoms in total. The number of para-hydroxylation sites is 1. The van der Waals surface area contributed by atoms with E-state index in [4.69, 9.17) is 9.84 Å². The number of aromatic nitrogens is 5. The number of benzene rings is 5. The molecule has 8 aromatic rings. The average Bonchev–Trinajstić information content (AvgIpc) is 3.78. The molecule has 6 heteroatoms. The number of nitrogens with zero attached hydrogens (tertiary/aromatic N) is 5. The number of pyridine rings is 1. The van der Waals surface area contributed by atoms with Gasteiger partial charge >= 0.3 is 5.66 Å². The Kier molecular flexibility index (Phi) is 4.71. The minimum Gasteiger partial charge on any atom is -0.456 e. The first-order chi connectivity index (χ1) is 23.4. The smallest absolute Gasteiger partial charge is 0.337 e. The molecule has 1 spiro atoms. The molecule has 0 fully saturated rings. The summed E-state index contributed by atoms with van der Waals surface area (Å²) in [6.07, 6.45) is 4.51. The fourth-order valence-electron chi connectivity index (χ4n) is 8.39. The van der Waals surface area contributed by atoms with E-state index in [-0.39, 0.29) is 5.41 Å². The fourth-order valence-corrected chi connectivity index (χ4v) is 8.39. The topological polar surface area (TPSA) is 39.7 Å². The van der Waals surface area contributed by atoms with E-state index in [0.717, 1.165) is 45.4 Å². The number of ether oxygens (including phenoxy) is 1. The molecule has 3 aliphatic heterocycles. The zero-order valence-electron chi connectivity index (χ0n) is 26.8. The van der Waals surface area contributed by atoms with Gasteiger partial charge in [-0.2, -0.15) is 9.13 Å². The Bertz CT molecular complexity index is 2680. The van der Waals surface area contributed by atoms with Gasteiger partial charge in [0.2, 0.25) is 5.69 Å². The van der Waals surface area contributed by atoms with Crippen LogP contribution < -0.4 is 14.0 Å². The van der Waals surface area contributed by atoms with Crippen LogP contribution in [0, 0.1) is 0 Å². The quantitative estimate of drug-likeness (QED) is 0.183. The summed E-state index contributed by atoms with van der Waals surface area (Å²) in [6.45, 7) is 6.85. The predicted octanol–water partition coefficient (Wildman–Crippen LogP) is 8.21. The fraction of sp³-hybridized carbons (Fsp3) is 0.119. The van der Waals surface area contributed by atoms with Gasteiger partial charge < -0.3 is 4.74 Å². The normalized spacial score (nSPS) is 16.5. The van der Waals surface area contributed by atoms with Crippen LogP contribution in [0.3, 0.4) is 0 Å². The summed E-state index contributed by atoms with van der Waals surface area (Å²) in [4.78, 5) is 2.09. The highest BCUT2D eigenvalue weighted by Gasteiger charge is 2.66. The van der Waals surface area contributed by atoms with Gasteiger partial charge in [-0.3, -0.25) is 0 Å². The third-order valence-electron chi connectivity index (χ3n) is 10.6. The summed E-state index contributed by atoms with van der Waals surface area (Å²) < 4.78 is 14.1. The first-order valence-electron chi connectivity index (χ1n) is 16.6. The van der Waals surface area contributed by atoms with Crippen molar-refractivity contribution in [3.63, 3.8) is 0 Å². The molecule has 1 atom stereocenters. The van der Waals surface area contributed by atoms with E-state index in [1.165, 1.54) is 38.5 Å². The summed E-state index contributed by atoms with van der Waals surface area (Å²) in [5.74, 6) is 2.84. The van der Waals surface area contributed by atoms with Gasteiger partial charge in [0.05, 0.1) is 11.3 Å². The maximum absolute atomic E-state index is 6.81. The van der Waals surface area contributed by atoms with E-state index in [0.29, 0.717) is 0 Å². The molecule has 1 unspecified atom stereocenters. The third-order valence-corrected chi connectivity index (χ3v) is 10.6. The van der Waals surface area contributed by atoms with Crippen molar-refractivity contribution in [2.75, 3.05) is 0 Å². The second-order valence-electron chi connectivity index (χ2n) is 14.2. The number of fused-ring (bicyclic) bond motifs is 7. The minimum absolute atomic E-state index is 0.0279. The van der Waals surface area contributed by atoms with Gasteiger partial charge in [0.25, 0.3) is 5.82 Å². The Morgan fingerprint density at radius 1 is 0.688 bits per heavy atom. The zero-order valence-corrected chi connectivity index (χ0v) is 26.8. The molecule has 0 bridgehead atoms. The SMILES string of the molecule is CC(C)(C)c1cc[n+]2c(c1)-n1c3ccccc3c3ccc4c(c31)C21c2c(cccc2-n2nc(-c3ccc(-c5ccccc5)cc3)c[n+]21)O4. The summed E-state index contributed by atoms with van der Waals surface area (Å²) in [5.41, 5.74) is 10.5. The summed E-state index contributed by atoms with van der Waals surface area (Å²) in [7, 11) is 0. The van der Waals surface area contributed by atoms with E-state index in [1.54, 1.807) is 0 Å². The molecule has 3 aliphatic rings. The van der Waals surface area contributed by atoms with Crippen molar-refractivity contribution in [3.8, 4) is 45.4 Å². The molecule has 228 valence electrons. The third kappa shape index (κ3) is 3.06. The molecule has 6 heterocycles. The van der Waals surface area contributed by atoms with Gasteiger partial charge in [-0.25, -0.2) is 0 Å². The predicted molar refractivity (Wildman–Crippen MR) is 186 cm³/mol. The van der Waals surface area contributed by atoms with Crippen LogP contribution >= 0.6 is 0 Å². The molecule has 48 heavy (non-hydrogen) atoms. The number of hydrogen-bond donors (Lipinski definition) is 0. The Morgan fingerprint density at radius 3 is 2.27 bits per heavy atom. The summed E-state index contributed by atoms with van der Waals surface area (Å²) >= 11 is 0. The minimum atomic E-state index is -0.760. The van der Waals surface area contributed by atoms with Crippen molar-refractivity contribution in [3.05, 3.63) is 150 Å². The lowest BCUT2D eigenvalue weighted by Gasteiger charge is -2.35. The standard InChI is InChI=1S/C42H31N5O/c1-41(2,3)29-22-23-44-37(24-29)46-33-13-8-7-12-30(33)31-20-21-36-39(40(31)46)42(44)38-34(14-9-15-35(38)48-36)47-43-32(25-45(42)47)28-18-16-27(17-19-28)26-10-5-4-6-11-26/h4-25H,1-3H3/q+2. The molecular formula is C42H31N5O+2. The molecule has 0 radical (unpaired) electrons. The first-order valence-corrected chi connectivity index (χ1v) is 16.6. The molecule has 0 saturated heterocycles. The van der Waals surface area contributed by atoms with Crippen LogP contribution in [0.5, 0.6) is 11.5 Å². The molecule has 0 amide bonds. The highest BCUT2D eigenvalue weighted by Crippen LogP contribution is 2.55. The van der Waals surface area contributed by atoms with E-state index in [1.807, 2.05) is 0 Å². The molecule has 5 aromatic carbocycles. The summed E-state index contributed by atoms with van der Waals surface area (Å²) in [5, 5.41) is 7.76. The maximum Gasteiger partial charge on any atom is 0.337 e. The van der Waals surface area contributed by atoms with Crippen LogP contribution in [0.15, 0.2) is 134 Å². The zero-order chi connectivity index (χ0) is 31.9. The number of rotatable bonds is 2. The van der Waals surface area contributed by atoms with E-state index >= 15 is 0 Å². The van der Waals surface area contributed by atoms with Crippen LogP contribution in [0.2, 0.25) is 0 Å². The Hall–Kier alpha value is -6.01. The van der Waals surface area contributed by atoms with Crippen molar-refractivity contribution in [1.82, 2.24) is 14.5 Å². The lowest BCUT2D eigenvalue weighted by molar-refractivity contribution is -0.995. The van der Waals surface area contributed by atoms with E-state index in [9.17, 15) is 0 Å². The molecule has 0 N–H and O–H groups in total. The van der Waals surface area contributed by atoms with Crippen LogP contribution in [0.25, 0.3) is 55.7 Å².